The second-order valence-electron chi connectivity index (χ2n) is 5.96. The fourth-order valence-corrected chi connectivity index (χ4v) is 3.20. The van der Waals surface area contributed by atoms with Crippen LogP contribution in [0.25, 0.3) is 0 Å². The number of esters is 1. The van der Waals surface area contributed by atoms with E-state index in [0.717, 1.165) is 25.7 Å². The summed E-state index contributed by atoms with van der Waals surface area (Å²) in [4.78, 5) is 12.0. The summed E-state index contributed by atoms with van der Waals surface area (Å²) in [6.07, 6.45) is 6.28. The molecule has 1 aliphatic carbocycles. The highest BCUT2D eigenvalue weighted by atomic mass is 16.6. The summed E-state index contributed by atoms with van der Waals surface area (Å²) in [6.45, 7) is 12.4. The lowest BCUT2D eigenvalue weighted by atomic mass is 9.73. The Morgan fingerprint density at radius 1 is 1.35 bits per heavy atom. The van der Waals surface area contributed by atoms with Gasteiger partial charge in [0.1, 0.15) is 5.60 Å². The summed E-state index contributed by atoms with van der Waals surface area (Å²) in [5, 5.41) is 0. The van der Waals surface area contributed by atoms with Crippen molar-refractivity contribution in [1.29, 1.82) is 0 Å². The molecule has 1 aliphatic rings. The molecule has 3 atom stereocenters. The lowest BCUT2D eigenvalue weighted by molar-refractivity contribution is -0.188. The van der Waals surface area contributed by atoms with Crippen molar-refractivity contribution < 1.29 is 14.3 Å². The van der Waals surface area contributed by atoms with Gasteiger partial charge in [0.15, 0.2) is 0 Å². The van der Waals surface area contributed by atoms with Crippen LogP contribution < -0.4 is 0 Å². The molecular weight excluding hydrogens is 252 g/mol. The molecule has 0 aliphatic heterocycles. The minimum absolute atomic E-state index is 0.0195. The van der Waals surface area contributed by atoms with Crippen LogP contribution in [0.4, 0.5) is 0 Å². The Kier molecular flexibility index (Phi) is 6.74. The highest BCUT2D eigenvalue weighted by Gasteiger charge is 2.46. The first-order valence-electron chi connectivity index (χ1n) is 7.99. The molecule has 0 aromatic rings. The maximum atomic E-state index is 12.0. The van der Waals surface area contributed by atoms with E-state index in [-0.39, 0.29) is 12.1 Å². The maximum Gasteiger partial charge on any atom is 0.333 e. The van der Waals surface area contributed by atoms with Crippen LogP contribution in [0.1, 0.15) is 66.2 Å². The molecule has 1 fully saturated rings. The Morgan fingerprint density at radius 2 is 2.05 bits per heavy atom. The van der Waals surface area contributed by atoms with Crippen molar-refractivity contribution in [2.75, 3.05) is 6.61 Å². The SMILES string of the molecule is C=C(C)C(=O)OC1(CC)CCC(CCC)CC1OCC. The van der Waals surface area contributed by atoms with E-state index in [1.165, 1.54) is 12.8 Å². The second kappa shape index (κ2) is 7.82. The molecule has 0 heterocycles. The van der Waals surface area contributed by atoms with Crippen molar-refractivity contribution in [1.82, 2.24) is 0 Å². The van der Waals surface area contributed by atoms with Gasteiger partial charge in [-0.3, -0.25) is 0 Å². The molecule has 0 amide bonds. The van der Waals surface area contributed by atoms with Gasteiger partial charge < -0.3 is 9.47 Å². The Morgan fingerprint density at radius 3 is 2.55 bits per heavy atom. The van der Waals surface area contributed by atoms with E-state index < -0.39 is 5.60 Å². The first-order valence-corrected chi connectivity index (χ1v) is 7.99. The summed E-state index contributed by atoms with van der Waals surface area (Å²) >= 11 is 0. The van der Waals surface area contributed by atoms with E-state index in [4.69, 9.17) is 9.47 Å². The van der Waals surface area contributed by atoms with E-state index >= 15 is 0 Å². The Hall–Kier alpha value is -0.830. The van der Waals surface area contributed by atoms with Crippen LogP contribution in [0.15, 0.2) is 12.2 Å². The lowest BCUT2D eigenvalue weighted by Crippen LogP contribution is -2.51. The number of carbonyl (C=O) groups excluding carboxylic acids is 1. The van der Waals surface area contributed by atoms with Crippen LogP contribution in [0.3, 0.4) is 0 Å². The molecule has 0 aromatic carbocycles. The molecule has 3 heteroatoms. The minimum Gasteiger partial charge on any atom is -0.453 e. The fourth-order valence-electron chi connectivity index (χ4n) is 3.20. The first kappa shape index (κ1) is 17.2. The summed E-state index contributed by atoms with van der Waals surface area (Å²) in [7, 11) is 0. The third-order valence-corrected chi connectivity index (χ3v) is 4.42. The molecular formula is C17H30O3. The van der Waals surface area contributed by atoms with E-state index in [1.54, 1.807) is 6.92 Å². The topological polar surface area (TPSA) is 35.5 Å². The van der Waals surface area contributed by atoms with Crippen molar-refractivity contribution in [2.24, 2.45) is 5.92 Å². The highest BCUT2D eigenvalue weighted by molar-refractivity contribution is 5.87. The van der Waals surface area contributed by atoms with Gasteiger partial charge in [0.25, 0.3) is 0 Å². The van der Waals surface area contributed by atoms with Crippen molar-refractivity contribution >= 4 is 5.97 Å². The van der Waals surface area contributed by atoms with Gasteiger partial charge in [0.05, 0.1) is 6.10 Å². The van der Waals surface area contributed by atoms with Gasteiger partial charge in [-0.25, -0.2) is 4.79 Å². The molecule has 0 saturated heterocycles. The van der Waals surface area contributed by atoms with Gasteiger partial charge in [0.2, 0.25) is 0 Å². The van der Waals surface area contributed by atoms with Crippen LogP contribution in [-0.2, 0) is 14.3 Å². The summed E-state index contributed by atoms with van der Waals surface area (Å²) < 4.78 is 11.8. The van der Waals surface area contributed by atoms with Gasteiger partial charge in [-0.15, -0.1) is 0 Å². The zero-order chi connectivity index (χ0) is 15.2. The Labute approximate surface area is 123 Å². The molecule has 3 unspecified atom stereocenters. The zero-order valence-electron chi connectivity index (χ0n) is 13.5. The first-order chi connectivity index (χ1) is 9.49. The van der Waals surface area contributed by atoms with Gasteiger partial charge in [0, 0.05) is 12.2 Å². The van der Waals surface area contributed by atoms with Crippen LogP contribution in [-0.4, -0.2) is 24.3 Å². The Bertz CT molecular complexity index is 337. The van der Waals surface area contributed by atoms with Crippen molar-refractivity contribution in [3.8, 4) is 0 Å². The van der Waals surface area contributed by atoms with Gasteiger partial charge in [-0.05, 0) is 45.4 Å². The smallest absolute Gasteiger partial charge is 0.333 e. The zero-order valence-corrected chi connectivity index (χ0v) is 13.5. The molecule has 0 spiro atoms. The fraction of sp³-hybridized carbons (Fsp3) is 0.824. The number of hydrogen-bond acceptors (Lipinski definition) is 3. The van der Waals surface area contributed by atoms with Crippen LogP contribution in [0.5, 0.6) is 0 Å². The van der Waals surface area contributed by atoms with E-state index in [1.807, 2.05) is 6.92 Å². The predicted octanol–water partition coefficient (Wildman–Crippen LogP) is 4.26. The standard InChI is InChI=1S/C17H30O3/c1-6-9-14-10-11-17(7-2,15(12-14)19-8-3)20-16(18)13(4)5/h14-15H,4,6-12H2,1-3,5H3. The third-order valence-electron chi connectivity index (χ3n) is 4.42. The molecule has 20 heavy (non-hydrogen) atoms. The monoisotopic (exact) mass is 282 g/mol. The maximum absolute atomic E-state index is 12.0. The lowest BCUT2D eigenvalue weighted by Gasteiger charge is -2.45. The Balaban J connectivity index is 2.85. The highest BCUT2D eigenvalue weighted by Crippen LogP contribution is 2.41. The third kappa shape index (κ3) is 4.08. The molecule has 0 aromatic heterocycles. The molecule has 0 bridgehead atoms. The van der Waals surface area contributed by atoms with Crippen LogP contribution in [0.2, 0.25) is 0 Å². The molecule has 3 nitrogen and oxygen atoms in total. The quantitative estimate of drug-likeness (QED) is 0.517. The predicted molar refractivity (Wildman–Crippen MR) is 81.6 cm³/mol. The average molecular weight is 282 g/mol. The van der Waals surface area contributed by atoms with Gasteiger partial charge in [-0.2, -0.15) is 0 Å². The summed E-state index contributed by atoms with van der Waals surface area (Å²) in [5.41, 5.74) is -0.000209. The molecule has 0 radical (unpaired) electrons. The molecule has 0 N–H and O–H groups in total. The second-order valence-corrected chi connectivity index (χ2v) is 5.96. The summed E-state index contributed by atoms with van der Waals surface area (Å²) in [5.74, 6) is 0.408. The molecule has 1 saturated carbocycles. The van der Waals surface area contributed by atoms with Crippen LogP contribution in [0, 0.1) is 5.92 Å². The van der Waals surface area contributed by atoms with Gasteiger partial charge in [-0.1, -0.05) is 33.3 Å². The largest absolute Gasteiger partial charge is 0.453 e. The van der Waals surface area contributed by atoms with Gasteiger partial charge >= 0.3 is 5.97 Å². The van der Waals surface area contributed by atoms with E-state index in [0.29, 0.717) is 18.1 Å². The molecule has 1 rings (SSSR count). The van der Waals surface area contributed by atoms with Crippen molar-refractivity contribution in [3.05, 3.63) is 12.2 Å². The van der Waals surface area contributed by atoms with Crippen LogP contribution >= 0.6 is 0 Å². The number of hydrogen-bond donors (Lipinski definition) is 0. The summed E-state index contributed by atoms with van der Waals surface area (Å²) in [6, 6.07) is 0. The van der Waals surface area contributed by atoms with Crippen molar-refractivity contribution in [2.45, 2.75) is 77.9 Å². The normalized spacial score (nSPS) is 30.0. The number of ether oxygens (including phenoxy) is 2. The number of rotatable bonds is 7. The van der Waals surface area contributed by atoms with E-state index in [9.17, 15) is 4.79 Å². The van der Waals surface area contributed by atoms with E-state index in [2.05, 4.69) is 20.4 Å². The minimum atomic E-state index is -0.462. The van der Waals surface area contributed by atoms with Crippen molar-refractivity contribution in [3.63, 3.8) is 0 Å². The molecule has 116 valence electrons. The number of carbonyl (C=O) groups is 1. The average Bonchev–Trinajstić information content (AvgIpc) is 2.42.